The monoisotopic (exact) mass is 726 g/mol. The highest BCUT2D eigenvalue weighted by Gasteiger charge is 2.49. The van der Waals surface area contributed by atoms with E-state index in [1.807, 2.05) is 4.98 Å². The fraction of sp³-hybridized carbons (Fsp3) is 0.733. The van der Waals surface area contributed by atoms with Crippen LogP contribution in [0.25, 0.3) is 0 Å². The van der Waals surface area contributed by atoms with Gasteiger partial charge in [0.1, 0.15) is 42.7 Å². The maximum absolute atomic E-state index is 12.1. The Bertz CT molecular complexity index is 1480. The summed E-state index contributed by atoms with van der Waals surface area (Å²) in [6.45, 7) is -2.46. The number of aliphatic hydroxyl groups excluding tert-OH is 6. The lowest BCUT2D eigenvalue weighted by molar-refractivity contribution is -0.285. The number of rotatable bonds is 13. The summed E-state index contributed by atoms with van der Waals surface area (Å²) in [5.41, 5.74) is -1.88. The van der Waals surface area contributed by atoms with Gasteiger partial charge in [0.05, 0.1) is 13.2 Å². The average molecular weight is 726 g/mol. The second kappa shape index (κ2) is 14.0. The summed E-state index contributed by atoms with van der Waals surface area (Å²) >= 11 is 0. The molecule has 0 radical (unpaired) electrons. The Balaban J connectivity index is 1.55. The largest absolute Gasteiger partial charge is 0.490 e. The summed E-state index contributed by atoms with van der Waals surface area (Å²) < 4.78 is 78.4. The molecule has 29 heteroatoms. The maximum Gasteiger partial charge on any atom is 0.490 e. The molecule has 11 N–H and O–H groups in total. The van der Waals surface area contributed by atoms with Crippen LogP contribution in [0.1, 0.15) is 6.23 Å². The zero-order valence-corrected chi connectivity index (χ0v) is 24.9. The quantitative estimate of drug-likeness (QED) is 0.0852. The summed E-state index contributed by atoms with van der Waals surface area (Å²) in [6.07, 6.45) is -16.2. The van der Waals surface area contributed by atoms with E-state index in [1.165, 1.54) is 0 Å². The lowest BCUT2D eigenvalue weighted by Crippen LogP contribution is -2.58. The molecule has 2 saturated heterocycles. The second-order valence-electron chi connectivity index (χ2n) is 8.81. The van der Waals surface area contributed by atoms with Crippen LogP contribution in [-0.2, 0) is 49.7 Å². The summed E-state index contributed by atoms with van der Waals surface area (Å²) in [7, 11) is -24.0. The third kappa shape index (κ3) is 9.72. The average Bonchev–Trinajstić information content (AvgIpc) is 3.14. The lowest BCUT2D eigenvalue weighted by Gasteiger charge is -2.38. The van der Waals surface area contributed by atoms with E-state index >= 15 is 0 Å². The lowest BCUT2D eigenvalue weighted by atomic mass is 10.00. The summed E-state index contributed by atoms with van der Waals surface area (Å²) in [6, 6.07) is 0.867. The van der Waals surface area contributed by atoms with E-state index < -0.39 is 111 Å². The fourth-order valence-corrected chi connectivity index (χ4v) is 8.55. The molecule has 0 saturated carbocycles. The van der Waals surface area contributed by atoms with Gasteiger partial charge in [-0.25, -0.2) is 23.1 Å². The van der Waals surface area contributed by atoms with E-state index in [4.69, 9.17) is 4.74 Å². The molecule has 2 aliphatic heterocycles. The first-order chi connectivity index (χ1) is 20.0. The van der Waals surface area contributed by atoms with Crippen molar-refractivity contribution in [3.63, 3.8) is 0 Å². The summed E-state index contributed by atoms with van der Waals surface area (Å²) in [5, 5.41) is 58.4. The molecule has 2 fully saturated rings. The number of hydrogen-bond acceptors (Lipinski definition) is 19. The van der Waals surface area contributed by atoms with Gasteiger partial charge in [0.25, 0.3) is 5.56 Å². The van der Waals surface area contributed by atoms with E-state index in [9.17, 15) is 78.1 Å². The van der Waals surface area contributed by atoms with Crippen LogP contribution in [0.15, 0.2) is 21.9 Å². The van der Waals surface area contributed by atoms with Gasteiger partial charge in [0.2, 0.25) is 0 Å². The Morgan fingerprint density at radius 1 is 0.682 bits per heavy atom. The highest BCUT2D eigenvalue weighted by molar-refractivity contribution is 7.69. The van der Waals surface area contributed by atoms with Gasteiger partial charge < -0.3 is 59.7 Å². The Morgan fingerprint density at radius 2 is 1.14 bits per heavy atom. The van der Waals surface area contributed by atoms with Crippen molar-refractivity contribution in [2.24, 2.45) is 0 Å². The van der Waals surface area contributed by atoms with Crippen LogP contribution in [-0.4, -0.2) is 122 Å². The number of aromatic amines is 1. The highest BCUT2D eigenvalue weighted by Crippen LogP contribution is 2.71. The molecule has 3 heterocycles. The second-order valence-corrected chi connectivity index (χ2v) is 15.0. The minimum absolute atomic E-state index is 0.643. The van der Waals surface area contributed by atoms with Crippen molar-refractivity contribution in [1.29, 1.82) is 0 Å². The molecular weight excluding hydrogens is 700 g/mol. The van der Waals surface area contributed by atoms with Gasteiger partial charge in [-0.3, -0.25) is 23.4 Å². The Hall–Kier alpha value is -1.08. The summed E-state index contributed by atoms with van der Waals surface area (Å²) in [4.78, 5) is 63.5. The van der Waals surface area contributed by atoms with Crippen molar-refractivity contribution >= 4 is 31.3 Å². The van der Waals surface area contributed by atoms with Gasteiger partial charge in [-0.2, -0.15) is 12.9 Å². The number of nitrogens with one attached hydrogen (secondary N) is 1. The van der Waals surface area contributed by atoms with Crippen LogP contribution in [0.5, 0.6) is 0 Å². The molecule has 44 heavy (non-hydrogen) atoms. The van der Waals surface area contributed by atoms with Crippen LogP contribution in [0.3, 0.4) is 0 Å². The van der Waals surface area contributed by atoms with Crippen molar-refractivity contribution in [2.45, 2.75) is 55.2 Å². The number of aromatic nitrogens is 2. The minimum Gasteiger partial charge on any atom is -0.387 e. The number of aliphatic hydroxyl groups is 6. The van der Waals surface area contributed by atoms with E-state index in [0.717, 1.165) is 12.3 Å². The number of phosphoric ester groups is 2. The number of hydrogen-bond donors (Lipinski definition) is 11. The van der Waals surface area contributed by atoms with Gasteiger partial charge in [0, 0.05) is 12.3 Å². The van der Waals surface area contributed by atoms with Crippen molar-refractivity contribution in [3.05, 3.63) is 33.1 Å². The molecular formula is C15H26N2O23P4. The van der Waals surface area contributed by atoms with Crippen molar-refractivity contribution < 1.29 is 99.9 Å². The van der Waals surface area contributed by atoms with Crippen LogP contribution in [0, 0.1) is 0 Å². The zero-order valence-electron chi connectivity index (χ0n) is 21.3. The topological polar surface area (TPSA) is 390 Å². The van der Waals surface area contributed by atoms with Crippen LogP contribution in [0.2, 0.25) is 0 Å². The molecule has 25 nitrogen and oxygen atoms in total. The molecule has 0 aromatic carbocycles. The first-order valence-electron chi connectivity index (χ1n) is 11.5. The van der Waals surface area contributed by atoms with E-state index in [-0.39, 0.29) is 0 Å². The number of H-pyrrole nitrogens is 1. The van der Waals surface area contributed by atoms with Gasteiger partial charge in [0.15, 0.2) is 12.5 Å². The molecule has 0 amide bonds. The van der Waals surface area contributed by atoms with Gasteiger partial charge in [-0.1, -0.05) is 0 Å². The normalized spacial score (nSPS) is 36.5. The third-order valence-corrected chi connectivity index (χ3v) is 11.5. The van der Waals surface area contributed by atoms with Gasteiger partial charge >= 0.3 is 37.0 Å². The van der Waals surface area contributed by atoms with Crippen LogP contribution in [0.4, 0.5) is 0 Å². The van der Waals surface area contributed by atoms with Crippen LogP contribution >= 0.6 is 31.3 Å². The highest BCUT2D eigenvalue weighted by atomic mass is 31.3. The molecule has 0 spiro atoms. The smallest absolute Gasteiger partial charge is 0.387 e. The molecule has 1 aromatic rings. The maximum atomic E-state index is 12.1. The standard InChI is InChI=1S/C15H26N2O23P4/c18-7-1-2-17(15(25)16-7)13-11(22)9(20)5(36-13)3-34-41(26,27)38-43(30,31)40-44(32,33)39-42(28,29)35-4-6-8(19)10(21)12(23)14(24)37-6/h1-2,5-6,8-14,19-24H,3-4H2,(H,26,27)(H,28,29)(H,30,31)(H,32,33)(H,16,18,25)/t5-,6-,8-,9-,10+,11-,12+,13-,14?/m1/s1. The minimum atomic E-state index is -6.21. The molecule has 0 bridgehead atoms. The number of ether oxygens (including phenoxy) is 2. The Morgan fingerprint density at radius 3 is 1.64 bits per heavy atom. The van der Waals surface area contributed by atoms with Crippen molar-refractivity contribution in [1.82, 2.24) is 9.55 Å². The van der Waals surface area contributed by atoms with E-state index in [0.29, 0.717) is 4.57 Å². The van der Waals surface area contributed by atoms with Crippen LogP contribution < -0.4 is 11.2 Å². The fourth-order valence-electron chi connectivity index (χ4n) is 3.60. The third-order valence-electron chi connectivity index (χ3n) is 5.57. The molecule has 2 aliphatic rings. The molecule has 5 unspecified atom stereocenters. The summed E-state index contributed by atoms with van der Waals surface area (Å²) in [5.74, 6) is 0. The predicted octanol–water partition coefficient (Wildman–Crippen LogP) is -4.56. The number of nitrogens with zero attached hydrogens (tertiary/aromatic N) is 1. The molecule has 3 rings (SSSR count). The molecule has 254 valence electrons. The zero-order chi connectivity index (χ0) is 33.4. The molecule has 1 aromatic heterocycles. The van der Waals surface area contributed by atoms with Gasteiger partial charge in [-0.15, -0.1) is 0 Å². The Kier molecular flexibility index (Phi) is 11.9. The van der Waals surface area contributed by atoms with Gasteiger partial charge in [-0.05, 0) is 0 Å². The van der Waals surface area contributed by atoms with E-state index in [1.54, 1.807) is 0 Å². The first-order valence-corrected chi connectivity index (χ1v) is 17.5. The van der Waals surface area contributed by atoms with Crippen molar-refractivity contribution in [3.8, 4) is 0 Å². The molecule has 0 aliphatic carbocycles. The van der Waals surface area contributed by atoms with Crippen molar-refractivity contribution in [2.75, 3.05) is 13.2 Å². The van der Waals surface area contributed by atoms with E-state index in [2.05, 4.69) is 26.7 Å². The number of phosphoric acid groups is 4. The first kappa shape index (κ1) is 37.4. The molecule has 13 atom stereocenters. The predicted molar refractivity (Wildman–Crippen MR) is 131 cm³/mol. The Labute approximate surface area is 242 Å². The SMILES string of the molecule is O=c1ccn([C@@H]2O[C@H](COP(=O)(O)OP(=O)(O)OP(=O)(O)OP(=O)(O)OC[C@H]3OC(O)[C@@H](O)[C@@H](O)[C@@H]3O)[C@@H](O)[C@H]2O)c(=O)[nH]1.